The van der Waals surface area contributed by atoms with E-state index in [1.807, 2.05) is 43.3 Å². The molecule has 4 nitrogen and oxygen atoms in total. The standard InChI is InChI=1S/C21H19N3O/c1-3-16-4-6-17(7-5-16)14-24-21(25)18-9-11-23-20(13-18)19-12-15(2)8-10-22-19/h3-13H,1,14H2,2H3,(H,24,25). The number of nitrogens with one attached hydrogen (secondary N) is 1. The highest BCUT2D eigenvalue weighted by atomic mass is 16.1. The topological polar surface area (TPSA) is 54.9 Å². The number of hydrogen-bond acceptors (Lipinski definition) is 3. The maximum atomic E-state index is 12.4. The average molecular weight is 329 g/mol. The van der Waals surface area contributed by atoms with E-state index in [9.17, 15) is 4.79 Å². The Kier molecular flexibility index (Phi) is 5.00. The first-order chi connectivity index (χ1) is 12.2. The lowest BCUT2D eigenvalue weighted by Gasteiger charge is -2.07. The predicted molar refractivity (Wildman–Crippen MR) is 99.9 cm³/mol. The maximum Gasteiger partial charge on any atom is 0.251 e. The van der Waals surface area contributed by atoms with Gasteiger partial charge in [-0.2, -0.15) is 0 Å². The van der Waals surface area contributed by atoms with Crippen molar-refractivity contribution < 1.29 is 4.79 Å². The van der Waals surface area contributed by atoms with Gasteiger partial charge in [-0.25, -0.2) is 0 Å². The molecule has 0 unspecified atom stereocenters. The first-order valence-corrected chi connectivity index (χ1v) is 8.04. The summed E-state index contributed by atoms with van der Waals surface area (Å²) in [5.74, 6) is -0.135. The number of aromatic nitrogens is 2. The Morgan fingerprint density at radius 3 is 2.40 bits per heavy atom. The fraction of sp³-hybridized carbons (Fsp3) is 0.0952. The number of aryl methyl sites for hydroxylation is 1. The minimum absolute atomic E-state index is 0.135. The van der Waals surface area contributed by atoms with E-state index in [0.29, 0.717) is 17.8 Å². The van der Waals surface area contributed by atoms with E-state index in [0.717, 1.165) is 22.4 Å². The zero-order chi connectivity index (χ0) is 17.6. The minimum Gasteiger partial charge on any atom is -0.348 e. The predicted octanol–water partition coefficient (Wildman–Crippen LogP) is 4.03. The number of rotatable bonds is 5. The van der Waals surface area contributed by atoms with Gasteiger partial charge >= 0.3 is 0 Å². The second-order valence-corrected chi connectivity index (χ2v) is 5.78. The van der Waals surface area contributed by atoms with E-state index in [4.69, 9.17) is 0 Å². The van der Waals surface area contributed by atoms with Gasteiger partial charge in [-0.05, 0) is 47.9 Å². The van der Waals surface area contributed by atoms with Crippen molar-refractivity contribution >= 4 is 12.0 Å². The van der Waals surface area contributed by atoms with Crippen molar-refractivity contribution in [3.63, 3.8) is 0 Å². The van der Waals surface area contributed by atoms with Crippen LogP contribution in [0.4, 0.5) is 0 Å². The smallest absolute Gasteiger partial charge is 0.251 e. The molecule has 2 aromatic heterocycles. The van der Waals surface area contributed by atoms with Gasteiger partial charge in [0.1, 0.15) is 0 Å². The van der Waals surface area contributed by atoms with Gasteiger partial charge in [0.2, 0.25) is 0 Å². The second kappa shape index (κ2) is 7.53. The molecule has 0 fully saturated rings. The Balaban J connectivity index is 1.71. The van der Waals surface area contributed by atoms with Crippen molar-refractivity contribution in [3.05, 3.63) is 89.8 Å². The van der Waals surface area contributed by atoms with Crippen LogP contribution < -0.4 is 5.32 Å². The van der Waals surface area contributed by atoms with Crippen LogP contribution in [-0.4, -0.2) is 15.9 Å². The summed E-state index contributed by atoms with van der Waals surface area (Å²) < 4.78 is 0. The summed E-state index contributed by atoms with van der Waals surface area (Å²) in [7, 11) is 0. The van der Waals surface area contributed by atoms with Crippen molar-refractivity contribution in [2.45, 2.75) is 13.5 Å². The molecule has 4 heteroatoms. The highest BCUT2D eigenvalue weighted by molar-refractivity contribution is 5.94. The van der Waals surface area contributed by atoms with Gasteiger partial charge in [0.15, 0.2) is 0 Å². The van der Waals surface area contributed by atoms with Crippen LogP contribution in [0.25, 0.3) is 17.5 Å². The fourth-order valence-corrected chi connectivity index (χ4v) is 2.44. The highest BCUT2D eigenvalue weighted by Gasteiger charge is 2.09. The lowest BCUT2D eigenvalue weighted by molar-refractivity contribution is 0.0951. The van der Waals surface area contributed by atoms with Crippen LogP contribution in [0.1, 0.15) is 27.0 Å². The number of carbonyl (C=O) groups excluding carboxylic acids is 1. The van der Waals surface area contributed by atoms with Gasteiger partial charge in [-0.15, -0.1) is 0 Å². The minimum atomic E-state index is -0.135. The molecule has 0 saturated heterocycles. The van der Waals surface area contributed by atoms with Crippen LogP contribution in [-0.2, 0) is 6.54 Å². The number of hydrogen-bond donors (Lipinski definition) is 1. The first kappa shape index (κ1) is 16.6. The van der Waals surface area contributed by atoms with E-state index in [-0.39, 0.29) is 5.91 Å². The Bertz CT molecular complexity index is 901. The second-order valence-electron chi connectivity index (χ2n) is 5.78. The van der Waals surface area contributed by atoms with Gasteiger partial charge in [0.25, 0.3) is 5.91 Å². The molecule has 0 atom stereocenters. The van der Waals surface area contributed by atoms with Gasteiger partial charge in [-0.3, -0.25) is 14.8 Å². The number of pyridine rings is 2. The molecule has 0 radical (unpaired) electrons. The SMILES string of the molecule is C=Cc1ccc(CNC(=O)c2ccnc(-c3cc(C)ccn3)c2)cc1. The molecule has 2 heterocycles. The molecular formula is C21H19N3O. The molecule has 0 saturated carbocycles. The van der Waals surface area contributed by atoms with Gasteiger partial charge in [0, 0.05) is 24.5 Å². The third kappa shape index (κ3) is 4.18. The highest BCUT2D eigenvalue weighted by Crippen LogP contribution is 2.16. The molecule has 1 N–H and O–H groups in total. The zero-order valence-electron chi connectivity index (χ0n) is 14.1. The van der Waals surface area contributed by atoms with Gasteiger partial charge in [0.05, 0.1) is 11.4 Å². The molecular weight excluding hydrogens is 310 g/mol. The van der Waals surface area contributed by atoms with Crippen molar-refractivity contribution in [1.82, 2.24) is 15.3 Å². The zero-order valence-corrected chi connectivity index (χ0v) is 14.1. The average Bonchev–Trinajstić information content (AvgIpc) is 2.66. The quantitative estimate of drug-likeness (QED) is 0.769. The van der Waals surface area contributed by atoms with E-state index < -0.39 is 0 Å². The molecule has 3 rings (SSSR count). The van der Waals surface area contributed by atoms with Crippen LogP contribution in [0, 0.1) is 6.92 Å². The van der Waals surface area contributed by atoms with E-state index in [1.54, 1.807) is 30.6 Å². The number of nitrogens with zero attached hydrogens (tertiary/aromatic N) is 2. The normalized spacial score (nSPS) is 10.3. The van der Waals surface area contributed by atoms with Crippen molar-refractivity contribution in [2.24, 2.45) is 0 Å². The molecule has 1 aromatic carbocycles. The largest absolute Gasteiger partial charge is 0.348 e. The van der Waals surface area contributed by atoms with E-state index in [1.165, 1.54) is 0 Å². The van der Waals surface area contributed by atoms with Crippen molar-refractivity contribution in [1.29, 1.82) is 0 Å². The summed E-state index contributed by atoms with van der Waals surface area (Å²) in [6, 6.07) is 15.2. The van der Waals surface area contributed by atoms with Gasteiger partial charge < -0.3 is 5.32 Å². The van der Waals surface area contributed by atoms with Crippen LogP contribution >= 0.6 is 0 Å². The molecule has 124 valence electrons. The van der Waals surface area contributed by atoms with Crippen LogP contribution in [0.2, 0.25) is 0 Å². The van der Waals surface area contributed by atoms with Crippen LogP contribution in [0.5, 0.6) is 0 Å². The third-order valence-electron chi connectivity index (χ3n) is 3.87. The summed E-state index contributed by atoms with van der Waals surface area (Å²) in [6.45, 7) is 6.20. The summed E-state index contributed by atoms with van der Waals surface area (Å²) >= 11 is 0. The fourth-order valence-electron chi connectivity index (χ4n) is 2.44. The Hall–Kier alpha value is -3.27. The summed E-state index contributed by atoms with van der Waals surface area (Å²) in [5, 5.41) is 2.93. The van der Waals surface area contributed by atoms with Crippen molar-refractivity contribution in [2.75, 3.05) is 0 Å². The lowest BCUT2D eigenvalue weighted by Crippen LogP contribution is -2.22. The number of carbonyl (C=O) groups is 1. The molecule has 0 aliphatic carbocycles. The molecule has 25 heavy (non-hydrogen) atoms. The molecule has 1 amide bonds. The Morgan fingerprint density at radius 1 is 1.04 bits per heavy atom. The van der Waals surface area contributed by atoms with E-state index >= 15 is 0 Å². The first-order valence-electron chi connectivity index (χ1n) is 8.04. The van der Waals surface area contributed by atoms with Crippen LogP contribution in [0.3, 0.4) is 0 Å². The Labute approximate surface area is 147 Å². The summed E-state index contributed by atoms with van der Waals surface area (Å²) in [6.07, 6.45) is 5.17. The number of benzene rings is 1. The molecule has 0 spiro atoms. The Morgan fingerprint density at radius 2 is 1.72 bits per heavy atom. The van der Waals surface area contributed by atoms with Crippen molar-refractivity contribution in [3.8, 4) is 11.4 Å². The maximum absolute atomic E-state index is 12.4. The lowest BCUT2D eigenvalue weighted by atomic mass is 10.1. The number of amides is 1. The molecule has 3 aromatic rings. The molecule has 0 bridgehead atoms. The molecule has 0 aliphatic heterocycles. The van der Waals surface area contributed by atoms with Crippen LogP contribution in [0.15, 0.2) is 67.5 Å². The monoisotopic (exact) mass is 329 g/mol. The van der Waals surface area contributed by atoms with E-state index in [2.05, 4.69) is 21.9 Å². The summed E-state index contributed by atoms with van der Waals surface area (Å²) in [4.78, 5) is 21.1. The third-order valence-corrected chi connectivity index (χ3v) is 3.87. The summed E-state index contributed by atoms with van der Waals surface area (Å²) in [5.41, 5.74) is 5.20. The van der Waals surface area contributed by atoms with Gasteiger partial charge in [-0.1, -0.05) is 36.9 Å². The molecule has 0 aliphatic rings.